The molecular weight excluding hydrogens is 233 g/mol. The monoisotopic (exact) mass is 245 g/mol. The first-order valence-electron chi connectivity index (χ1n) is 5.21. The second kappa shape index (κ2) is 4.47. The molecule has 1 aromatic rings. The van der Waals surface area contributed by atoms with Gasteiger partial charge < -0.3 is 15.5 Å². The summed E-state index contributed by atoms with van der Waals surface area (Å²) < 4.78 is 13.7. The van der Waals surface area contributed by atoms with Gasteiger partial charge in [-0.2, -0.15) is 0 Å². The van der Waals surface area contributed by atoms with Gasteiger partial charge in [-0.3, -0.25) is 0 Å². The van der Waals surface area contributed by atoms with Crippen molar-refractivity contribution in [1.82, 2.24) is 5.32 Å². The molecule has 1 aliphatic rings. The zero-order valence-corrected chi connectivity index (χ0v) is 9.39. The minimum Gasteiger partial charge on any atom is -0.504 e. The summed E-state index contributed by atoms with van der Waals surface area (Å²) in [7, 11) is 0. The molecule has 3 N–H and O–H groups in total. The molecule has 1 fully saturated rings. The minimum atomic E-state index is -0.648. The van der Waals surface area contributed by atoms with E-state index in [1.165, 1.54) is 0 Å². The summed E-state index contributed by atoms with van der Waals surface area (Å²) >= 11 is 5.61. The molecule has 0 amide bonds. The predicted molar refractivity (Wildman–Crippen MR) is 59.5 cm³/mol. The zero-order valence-electron chi connectivity index (χ0n) is 8.63. The van der Waals surface area contributed by atoms with E-state index in [0.29, 0.717) is 6.42 Å². The van der Waals surface area contributed by atoms with Gasteiger partial charge in [0.25, 0.3) is 0 Å². The molecule has 1 aliphatic heterocycles. The number of phenolic OH excluding ortho intramolecular Hbond substituents is 2. The fourth-order valence-corrected chi connectivity index (χ4v) is 2.24. The molecular formula is C11H13ClFNO2. The van der Waals surface area contributed by atoms with Crippen molar-refractivity contribution in [2.45, 2.75) is 25.3 Å². The number of hydrogen-bond donors (Lipinski definition) is 3. The topological polar surface area (TPSA) is 52.5 Å². The highest BCUT2D eigenvalue weighted by atomic mass is 35.5. The highest BCUT2D eigenvalue weighted by molar-refractivity contribution is 6.31. The Hall–Kier alpha value is -1.00. The van der Waals surface area contributed by atoms with Crippen LogP contribution in [-0.2, 0) is 6.42 Å². The molecule has 1 saturated heterocycles. The van der Waals surface area contributed by atoms with Crippen molar-refractivity contribution in [2.24, 2.45) is 0 Å². The maximum absolute atomic E-state index is 13.7. The van der Waals surface area contributed by atoms with Crippen LogP contribution in [0, 0.1) is 5.82 Å². The molecule has 2 rings (SSSR count). The third-order valence-electron chi connectivity index (χ3n) is 2.88. The van der Waals surface area contributed by atoms with Gasteiger partial charge in [-0.25, -0.2) is 4.39 Å². The molecule has 1 heterocycles. The third-order valence-corrected chi connectivity index (χ3v) is 3.15. The van der Waals surface area contributed by atoms with Crippen molar-refractivity contribution in [1.29, 1.82) is 0 Å². The van der Waals surface area contributed by atoms with Gasteiger partial charge >= 0.3 is 0 Å². The normalized spacial score (nSPS) is 20.2. The van der Waals surface area contributed by atoms with E-state index in [-0.39, 0.29) is 22.4 Å². The quantitative estimate of drug-likeness (QED) is 0.700. The summed E-state index contributed by atoms with van der Waals surface area (Å²) in [5, 5.41) is 22.0. The molecule has 16 heavy (non-hydrogen) atoms. The molecule has 5 heteroatoms. The standard InChI is InChI=1S/C11H13ClFNO2/c12-8-5-9(15)11(16)7(10(8)13)4-6-2-1-3-14-6/h5-6,14-16H,1-4H2. The highest BCUT2D eigenvalue weighted by Crippen LogP contribution is 2.36. The van der Waals surface area contributed by atoms with Gasteiger partial charge in [0.1, 0.15) is 5.82 Å². The lowest BCUT2D eigenvalue weighted by Gasteiger charge is -2.13. The molecule has 1 unspecified atom stereocenters. The lowest BCUT2D eigenvalue weighted by atomic mass is 10.0. The van der Waals surface area contributed by atoms with Crippen LogP contribution in [0.25, 0.3) is 0 Å². The zero-order chi connectivity index (χ0) is 11.7. The van der Waals surface area contributed by atoms with Crippen LogP contribution in [0.5, 0.6) is 11.5 Å². The smallest absolute Gasteiger partial charge is 0.163 e. The molecule has 1 atom stereocenters. The van der Waals surface area contributed by atoms with Gasteiger partial charge in [-0.05, 0) is 25.8 Å². The van der Waals surface area contributed by atoms with Crippen LogP contribution >= 0.6 is 11.6 Å². The first-order chi connectivity index (χ1) is 7.59. The van der Waals surface area contributed by atoms with E-state index in [1.807, 2.05) is 0 Å². The summed E-state index contributed by atoms with van der Waals surface area (Å²) in [4.78, 5) is 0. The summed E-state index contributed by atoms with van der Waals surface area (Å²) in [6, 6.07) is 1.15. The maximum atomic E-state index is 13.7. The first kappa shape index (κ1) is 11.5. The lowest BCUT2D eigenvalue weighted by Crippen LogP contribution is -2.24. The Bertz CT molecular complexity index is 379. The Balaban J connectivity index is 2.31. The fraction of sp³-hybridized carbons (Fsp3) is 0.455. The Kier molecular flexibility index (Phi) is 3.21. The van der Waals surface area contributed by atoms with Gasteiger partial charge in [0.2, 0.25) is 0 Å². The highest BCUT2D eigenvalue weighted by Gasteiger charge is 2.22. The number of hydrogen-bond acceptors (Lipinski definition) is 3. The Labute approximate surface area is 97.9 Å². The molecule has 88 valence electrons. The van der Waals surface area contributed by atoms with Crippen LogP contribution in [0.4, 0.5) is 4.39 Å². The van der Waals surface area contributed by atoms with Gasteiger partial charge in [0.15, 0.2) is 11.5 Å². The number of rotatable bonds is 2. The Morgan fingerprint density at radius 2 is 2.25 bits per heavy atom. The number of nitrogens with one attached hydrogen (secondary N) is 1. The van der Waals surface area contributed by atoms with Crippen molar-refractivity contribution in [3.05, 3.63) is 22.5 Å². The number of benzene rings is 1. The van der Waals surface area contributed by atoms with Crippen molar-refractivity contribution in [3.8, 4) is 11.5 Å². The Morgan fingerprint density at radius 3 is 2.88 bits per heavy atom. The predicted octanol–water partition coefficient (Wildman–Crippen LogP) is 2.18. The molecule has 0 spiro atoms. The molecule has 0 saturated carbocycles. The first-order valence-corrected chi connectivity index (χ1v) is 5.59. The van der Waals surface area contributed by atoms with Gasteiger partial charge in [0, 0.05) is 17.7 Å². The number of aromatic hydroxyl groups is 2. The maximum Gasteiger partial charge on any atom is 0.163 e. The van der Waals surface area contributed by atoms with Crippen LogP contribution in [0.1, 0.15) is 18.4 Å². The Morgan fingerprint density at radius 1 is 1.50 bits per heavy atom. The van der Waals surface area contributed by atoms with E-state index in [9.17, 15) is 14.6 Å². The number of phenols is 2. The fourth-order valence-electron chi connectivity index (χ4n) is 2.02. The van der Waals surface area contributed by atoms with Crippen molar-refractivity contribution in [3.63, 3.8) is 0 Å². The van der Waals surface area contributed by atoms with Crippen molar-refractivity contribution >= 4 is 11.6 Å². The van der Waals surface area contributed by atoms with E-state index < -0.39 is 11.6 Å². The van der Waals surface area contributed by atoms with Crippen LogP contribution in [-0.4, -0.2) is 22.8 Å². The summed E-state index contributed by atoms with van der Waals surface area (Å²) in [5.41, 5.74) is 0.0874. The second-order valence-corrected chi connectivity index (χ2v) is 4.42. The molecule has 1 aromatic carbocycles. The van der Waals surface area contributed by atoms with E-state index >= 15 is 0 Å². The second-order valence-electron chi connectivity index (χ2n) is 4.02. The lowest BCUT2D eigenvalue weighted by molar-refractivity contribution is 0.390. The molecule has 3 nitrogen and oxygen atoms in total. The summed E-state index contributed by atoms with van der Waals surface area (Å²) in [6.07, 6.45) is 2.32. The summed E-state index contributed by atoms with van der Waals surface area (Å²) in [6.45, 7) is 0.902. The van der Waals surface area contributed by atoms with Gasteiger partial charge in [-0.1, -0.05) is 11.6 Å². The third kappa shape index (κ3) is 2.08. The van der Waals surface area contributed by atoms with E-state index in [0.717, 1.165) is 25.5 Å². The minimum absolute atomic E-state index is 0.0874. The molecule has 0 radical (unpaired) electrons. The van der Waals surface area contributed by atoms with Crippen LogP contribution < -0.4 is 5.32 Å². The summed E-state index contributed by atoms with van der Waals surface area (Å²) in [5.74, 6) is -1.43. The van der Waals surface area contributed by atoms with Gasteiger partial charge in [0.05, 0.1) is 5.02 Å². The van der Waals surface area contributed by atoms with Crippen molar-refractivity contribution in [2.75, 3.05) is 6.54 Å². The average molecular weight is 246 g/mol. The number of halogens is 2. The van der Waals surface area contributed by atoms with Crippen LogP contribution in [0.2, 0.25) is 5.02 Å². The van der Waals surface area contributed by atoms with E-state index in [4.69, 9.17) is 11.6 Å². The van der Waals surface area contributed by atoms with Crippen LogP contribution in [0.3, 0.4) is 0 Å². The molecule has 0 bridgehead atoms. The molecule has 0 aliphatic carbocycles. The SMILES string of the molecule is Oc1cc(Cl)c(F)c(CC2CCCN2)c1O. The largest absolute Gasteiger partial charge is 0.504 e. The average Bonchev–Trinajstić information content (AvgIpc) is 2.74. The van der Waals surface area contributed by atoms with E-state index in [1.54, 1.807) is 0 Å². The molecule has 0 aromatic heterocycles. The van der Waals surface area contributed by atoms with Crippen LogP contribution in [0.15, 0.2) is 6.07 Å². The van der Waals surface area contributed by atoms with E-state index in [2.05, 4.69) is 5.32 Å². The van der Waals surface area contributed by atoms with Crippen molar-refractivity contribution < 1.29 is 14.6 Å². The van der Waals surface area contributed by atoms with Gasteiger partial charge in [-0.15, -0.1) is 0 Å².